The largest absolute Gasteiger partial charge is 0.490 e. The Labute approximate surface area is 219 Å². The summed E-state index contributed by atoms with van der Waals surface area (Å²) in [6.45, 7) is 5.86. The molecular formula is C24H32ClF3N6O3. The van der Waals surface area contributed by atoms with Gasteiger partial charge in [0.15, 0.2) is 0 Å². The zero-order chi connectivity index (χ0) is 27.2. The van der Waals surface area contributed by atoms with E-state index in [0.717, 1.165) is 56.5 Å². The van der Waals surface area contributed by atoms with Gasteiger partial charge in [-0.15, -0.1) is 0 Å². The van der Waals surface area contributed by atoms with Crippen LogP contribution in [0.2, 0.25) is 5.02 Å². The van der Waals surface area contributed by atoms with E-state index < -0.39 is 12.1 Å². The SMILES string of the molecule is C[C@H]1CN(C2CCN(c3ncnc(N(C)C)n3)CC2)[C@@H](Cc2ccc(Cl)cc2)CO1.O=C(O)C(F)(F)F. The number of halogens is 4. The molecule has 2 aliphatic rings. The lowest BCUT2D eigenvalue weighted by atomic mass is 9.96. The summed E-state index contributed by atoms with van der Waals surface area (Å²) in [6.07, 6.45) is -0.00504. The fourth-order valence-corrected chi connectivity index (χ4v) is 4.56. The summed E-state index contributed by atoms with van der Waals surface area (Å²) in [5, 5.41) is 7.91. The van der Waals surface area contributed by atoms with Crippen LogP contribution in [0.1, 0.15) is 25.3 Å². The Morgan fingerprint density at radius 3 is 2.38 bits per heavy atom. The Morgan fingerprint density at radius 1 is 1.19 bits per heavy atom. The first-order valence-corrected chi connectivity index (χ1v) is 12.3. The number of aliphatic carboxylic acids is 1. The van der Waals surface area contributed by atoms with Gasteiger partial charge in [-0.25, -0.2) is 14.8 Å². The van der Waals surface area contributed by atoms with Crippen LogP contribution in [-0.4, -0.2) is 95.6 Å². The maximum Gasteiger partial charge on any atom is 0.490 e. The van der Waals surface area contributed by atoms with E-state index in [-0.39, 0.29) is 6.10 Å². The summed E-state index contributed by atoms with van der Waals surface area (Å²) in [6, 6.07) is 9.16. The number of anilines is 2. The third kappa shape index (κ3) is 8.41. The van der Waals surface area contributed by atoms with E-state index in [9.17, 15) is 13.2 Å². The second kappa shape index (κ2) is 12.7. The first-order chi connectivity index (χ1) is 17.4. The summed E-state index contributed by atoms with van der Waals surface area (Å²) in [5.74, 6) is -1.28. The maximum absolute atomic E-state index is 10.6. The molecule has 0 aliphatic carbocycles. The maximum atomic E-state index is 10.6. The van der Waals surface area contributed by atoms with Gasteiger partial charge >= 0.3 is 12.1 Å². The van der Waals surface area contributed by atoms with Crippen molar-refractivity contribution in [3.05, 3.63) is 41.2 Å². The van der Waals surface area contributed by atoms with Gasteiger partial charge in [0.2, 0.25) is 11.9 Å². The zero-order valence-corrected chi connectivity index (χ0v) is 21.8. The number of rotatable bonds is 5. The summed E-state index contributed by atoms with van der Waals surface area (Å²) in [5.41, 5.74) is 1.31. The van der Waals surface area contributed by atoms with Crippen LogP contribution in [0.5, 0.6) is 0 Å². The molecule has 2 fully saturated rings. The van der Waals surface area contributed by atoms with Gasteiger partial charge < -0.3 is 19.6 Å². The van der Waals surface area contributed by atoms with Crippen LogP contribution in [0.4, 0.5) is 25.1 Å². The van der Waals surface area contributed by atoms with Crippen molar-refractivity contribution in [1.82, 2.24) is 19.9 Å². The van der Waals surface area contributed by atoms with E-state index in [4.69, 9.17) is 26.2 Å². The number of piperidine rings is 1. The molecule has 2 aromatic rings. The Kier molecular flexibility index (Phi) is 9.91. The Bertz CT molecular complexity index is 1020. The van der Waals surface area contributed by atoms with E-state index >= 15 is 0 Å². The predicted molar refractivity (Wildman–Crippen MR) is 134 cm³/mol. The third-order valence-electron chi connectivity index (χ3n) is 6.30. The third-order valence-corrected chi connectivity index (χ3v) is 6.55. The van der Waals surface area contributed by atoms with E-state index in [0.29, 0.717) is 18.0 Å². The minimum Gasteiger partial charge on any atom is -0.475 e. The molecule has 0 bridgehead atoms. The van der Waals surface area contributed by atoms with Crippen molar-refractivity contribution in [1.29, 1.82) is 0 Å². The topological polar surface area (TPSA) is 94.9 Å². The molecule has 37 heavy (non-hydrogen) atoms. The number of alkyl halides is 3. The van der Waals surface area contributed by atoms with E-state index in [1.165, 1.54) is 5.56 Å². The number of carboxylic acid groups (broad SMARTS) is 1. The average Bonchev–Trinajstić information content (AvgIpc) is 2.86. The molecule has 3 heterocycles. The van der Waals surface area contributed by atoms with Gasteiger partial charge in [0.1, 0.15) is 6.33 Å². The molecule has 0 unspecified atom stereocenters. The lowest BCUT2D eigenvalue weighted by Crippen LogP contribution is -2.56. The summed E-state index contributed by atoms with van der Waals surface area (Å²) in [7, 11) is 3.90. The number of benzene rings is 1. The lowest BCUT2D eigenvalue weighted by molar-refractivity contribution is -0.192. The van der Waals surface area contributed by atoms with Crippen LogP contribution in [0.25, 0.3) is 0 Å². The fraction of sp³-hybridized carbons (Fsp3) is 0.583. The highest BCUT2D eigenvalue weighted by atomic mass is 35.5. The average molecular weight is 545 g/mol. The molecule has 0 saturated carbocycles. The molecule has 0 radical (unpaired) electrons. The normalized spacial score (nSPS) is 21.2. The highest BCUT2D eigenvalue weighted by Crippen LogP contribution is 2.26. The highest BCUT2D eigenvalue weighted by molar-refractivity contribution is 6.30. The number of aromatic nitrogens is 3. The lowest BCUT2D eigenvalue weighted by Gasteiger charge is -2.46. The molecule has 1 aromatic heterocycles. The van der Waals surface area contributed by atoms with E-state index in [2.05, 4.69) is 43.8 Å². The quantitative estimate of drug-likeness (QED) is 0.606. The van der Waals surface area contributed by atoms with Gasteiger partial charge in [0, 0.05) is 50.8 Å². The Morgan fingerprint density at radius 2 is 1.81 bits per heavy atom. The van der Waals surface area contributed by atoms with Crippen LogP contribution in [0.15, 0.2) is 30.6 Å². The standard InChI is InChI=1S/C22H31ClN6O.C2HF3O2/c1-16-13-29(20(14-30-16)12-17-4-6-18(23)7-5-17)19-8-10-28(11-9-19)22-25-15-24-21(26-22)27(2)3;3-2(4,5)1(6)7/h4-7,15-16,19-20H,8-14H2,1-3H3;(H,6,7)/t16-,20-;/m0./s1. The van der Waals surface area contributed by atoms with E-state index in [1.807, 2.05) is 31.1 Å². The molecule has 1 aromatic carbocycles. The van der Waals surface area contributed by atoms with Gasteiger partial charge in [-0.1, -0.05) is 23.7 Å². The molecule has 4 rings (SSSR count). The molecular weight excluding hydrogens is 513 g/mol. The number of morpholine rings is 1. The zero-order valence-electron chi connectivity index (χ0n) is 21.0. The molecule has 204 valence electrons. The second-order valence-electron chi connectivity index (χ2n) is 9.33. The molecule has 2 aliphatic heterocycles. The second-order valence-corrected chi connectivity index (χ2v) is 9.76. The molecule has 1 N–H and O–H groups in total. The number of carboxylic acids is 1. The minimum absolute atomic E-state index is 0.274. The fourth-order valence-electron chi connectivity index (χ4n) is 4.43. The number of hydrogen-bond acceptors (Lipinski definition) is 8. The first-order valence-electron chi connectivity index (χ1n) is 12.0. The Balaban J connectivity index is 0.000000479. The van der Waals surface area contributed by atoms with E-state index in [1.54, 1.807) is 6.33 Å². The molecule has 9 nitrogen and oxygen atoms in total. The molecule has 13 heteroatoms. The van der Waals surface area contributed by atoms with Gasteiger partial charge in [0.25, 0.3) is 0 Å². The number of ether oxygens (including phenoxy) is 1. The number of carbonyl (C=O) groups is 1. The minimum atomic E-state index is -5.08. The Hall–Kier alpha value is -2.70. The summed E-state index contributed by atoms with van der Waals surface area (Å²) >= 11 is 6.06. The van der Waals surface area contributed by atoms with Crippen molar-refractivity contribution in [2.75, 3.05) is 50.1 Å². The van der Waals surface area contributed by atoms with Gasteiger partial charge in [0.05, 0.1) is 12.7 Å². The van der Waals surface area contributed by atoms with Crippen molar-refractivity contribution < 1.29 is 27.8 Å². The summed E-state index contributed by atoms with van der Waals surface area (Å²) < 4.78 is 37.8. The van der Waals surface area contributed by atoms with Crippen molar-refractivity contribution >= 4 is 29.5 Å². The molecule has 2 atom stereocenters. The van der Waals surface area contributed by atoms with Gasteiger partial charge in [-0.2, -0.15) is 18.2 Å². The van der Waals surface area contributed by atoms with Crippen LogP contribution in [0, 0.1) is 0 Å². The van der Waals surface area contributed by atoms with Crippen LogP contribution < -0.4 is 9.80 Å². The first kappa shape index (κ1) is 28.9. The van der Waals surface area contributed by atoms with Gasteiger partial charge in [-0.05, 0) is 43.9 Å². The number of nitrogens with zero attached hydrogens (tertiary/aromatic N) is 6. The smallest absolute Gasteiger partial charge is 0.475 e. The monoisotopic (exact) mass is 544 g/mol. The van der Waals surface area contributed by atoms with Crippen LogP contribution in [-0.2, 0) is 16.0 Å². The van der Waals surface area contributed by atoms with Crippen molar-refractivity contribution in [2.24, 2.45) is 0 Å². The van der Waals surface area contributed by atoms with Crippen LogP contribution >= 0.6 is 11.6 Å². The molecule has 0 spiro atoms. The molecule has 2 saturated heterocycles. The van der Waals surface area contributed by atoms with Gasteiger partial charge in [-0.3, -0.25) is 4.90 Å². The highest BCUT2D eigenvalue weighted by Gasteiger charge is 2.38. The predicted octanol–water partition coefficient (Wildman–Crippen LogP) is 3.53. The van der Waals surface area contributed by atoms with Crippen molar-refractivity contribution in [3.8, 4) is 0 Å². The van der Waals surface area contributed by atoms with Crippen LogP contribution in [0.3, 0.4) is 0 Å². The summed E-state index contributed by atoms with van der Waals surface area (Å²) in [4.78, 5) is 29.0. The van der Waals surface area contributed by atoms with Crippen molar-refractivity contribution in [2.45, 2.75) is 50.6 Å². The molecule has 0 amide bonds. The number of hydrogen-bond donors (Lipinski definition) is 1. The van der Waals surface area contributed by atoms with Crippen molar-refractivity contribution in [3.63, 3.8) is 0 Å².